The smallest absolute Gasteiger partial charge is 0.323 e. The zero-order chi connectivity index (χ0) is 21.1. The van der Waals surface area contributed by atoms with Gasteiger partial charge in [0.15, 0.2) is 18.6 Å². The van der Waals surface area contributed by atoms with E-state index in [9.17, 15) is 9.90 Å². The van der Waals surface area contributed by atoms with Gasteiger partial charge >= 0.3 is 5.97 Å². The first-order valence-electron chi connectivity index (χ1n) is 8.96. The van der Waals surface area contributed by atoms with Gasteiger partial charge in [0.05, 0.1) is 17.6 Å². The molecular weight excluding hydrogens is 433 g/mol. The second-order valence-corrected chi connectivity index (χ2v) is 7.30. The van der Waals surface area contributed by atoms with Crippen LogP contribution in [0.2, 0.25) is 10.2 Å². The first kappa shape index (κ1) is 20.6. The number of anilines is 1. The number of hydrogen-bond acceptors (Lipinski definition) is 7. The lowest BCUT2D eigenvalue weighted by molar-refractivity contribution is -0.282. The van der Waals surface area contributed by atoms with Crippen LogP contribution >= 0.6 is 23.2 Å². The van der Waals surface area contributed by atoms with Crippen LogP contribution in [-0.2, 0) is 20.9 Å². The Morgan fingerprint density at radius 1 is 1.10 bits per heavy atom. The van der Waals surface area contributed by atoms with Gasteiger partial charge in [-0.1, -0.05) is 58.7 Å². The highest BCUT2D eigenvalue weighted by molar-refractivity contribution is 6.31. The Morgan fingerprint density at radius 3 is 2.53 bits per heavy atom. The Hall–Kier alpha value is -2.69. The van der Waals surface area contributed by atoms with E-state index in [1.165, 1.54) is 14.8 Å². The van der Waals surface area contributed by atoms with Gasteiger partial charge in [-0.25, -0.2) is 9.75 Å². The van der Waals surface area contributed by atoms with Crippen molar-refractivity contribution in [3.8, 4) is 5.69 Å². The van der Waals surface area contributed by atoms with Crippen molar-refractivity contribution in [2.24, 2.45) is 0 Å². The van der Waals surface area contributed by atoms with E-state index in [1.54, 1.807) is 24.4 Å². The molecule has 1 aliphatic rings. The van der Waals surface area contributed by atoms with E-state index in [0.717, 1.165) is 5.56 Å². The molecule has 1 saturated heterocycles. The molecule has 9 nitrogen and oxygen atoms in total. The number of carbonyl (C=O) groups is 1. The van der Waals surface area contributed by atoms with E-state index >= 15 is 0 Å². The number of rotatable bonds is 6. The van der Waals surface area contributed by atoms with Gasteiger partial charge in [-0.05, 0) is 23.8 Å². The van der Waals surface area contributed by atoms with Crippen molar-refractivity contribution in [2.75, 3.05) is 18.5 Å². The third kappa shape index (κ3) is 4.55. The number of halogens is 2. The van der Waals surface area contributed by atoms with E-state index in [2.05, 4.69) is 10.3 Å². The van der Waals surface area contributed by atoms with Crippen molar-refractivity contribution >= 4 is 34.9 Å². The van der Waals surface area contributed by atoms with Gasteiger partial charge in [-0.2, -0.15) is 0 Å². The molecule has 156 valence electrons. The molecule has 0 amide bonds. The summed E-state index contributed by atoms with van der Waals surface area (Å²) >= 11 is 12.0. The summed E-state index contributed by atoms with van der Waals surface area (Å²) in [5.41, 5.74) is 2.07. The predicted octanol–water partition coefficient (Wildman–Crippen LogP) is 3.17. The van der Waals surface area contributed by atoms with Crippen LogP contribution in [0.25, 0.3) is 5.69 Å². The molecule has 0 radical (unpaired) electrons. The second-order valence-electron chi connectivity index (χ2n) is 6.47. The maximum absolute atomic E-state index is 11.8. The molecule has 0 saturated carbocycles. The van der Waals surface area contributed by atoms with Crippen molar-refractivity contribution in [3.63, 3.8) is 0 Å². The summed E-state index contributed by atoms with van der Waals surface area (Å²) < 4.78 is 1.49. The van der Waals surface area contributed by atoms with Crippen LogP contribution in [0.3, 0.4) is 0 Å². The average molecular weight is 450 g/mol. The molecule has 1 atom stereocenters. The topological polar surface area (TPSA) is 93.0 Å². The van der Waals surface area contributed by atoms with Crippen molar-refractivity contribution in [1.82, 2.24) is 20.1 Å². The summed E-state index contributed by atoms with van der Waals surface area (Å²) in [5.74, 6) is -1.00. The standard InChI is InChI=1S/C19H17Cl2N5O4/c20-14-6-7-15(24-10-18(21)22-23-24)16(9-14)25-11-30-26(12-29-25)17(19(27)28)8-13-4-2-1-3-5-13/h1-7,9-10,17H,8,11-12H2,(H,27,28). The summed E-state index contributed by atoms with van der Waals surface area (Å²) in [5, 5.41) is 20.9. The first-order valence-corrected chi connectivity index (χ1v) is 9.71. The molecule has 0 bridgehead atoms. The third-order valence-electron chi connectivity index (χ3n) is 4.50. The fourth-order valence-electron chi connectivity index (χ4n) is 3.05. The number of carboxylic acid groups (broad SMARTS) is 1. The Bertz CT molecular complexity index is 1020. The molecule has 1 aliphatic heterocycles. The van der Waals surface area contributed by atoms with Crippen molar-refractivity contribution in [3.05, 3.63) is 70.5 Å². The molecule has 2 heterocycles. The highest BCUT2D eigenvalue weighted by atomic mass is 35.5. The number of benzene rings is 2. The maximum Gasteiger partial charge on any atom is 0.323 e. The van der Waals surface area contributed by atoms with Crippen LogP contribution in [0.15, 0.2) is 54.7 Å². The lowest BCUT2D eigenvalue weighted by Gasteiger charge is -2.37. The quantitative estimate of drug-likeness (QED) is 0.613. The minimum Gasteiger partial charge on any atom is -0.480 e. The van der Waals surface area contributed by atoms with E-state index in [0.29, 0.717) is 16.4 Å². The molecule has 4 rings (SSSR count). The molecule has 1 aromatic heterocycles. The normalized spacial score (nSPS) is 15.9. The molecule has 3 aromatic rings. The van der Waals surface area contributed by atoms with E-state index in [-0.39, 0.29) is 25.0 Å². The lowest BCUT2D eigenvalue weighted by atomic mass is 10.1. The molecule has 2 aromatic carbocycles. The number of carboxylic acids is 1. The van der Waals surface area contributed by atoms with E-state index < -0.39 is 12.0 Å². The van der Waals surface area contributed by atoms with E-state index in [1.807, 2.05) is 30.3 Å². The van der Waals surface area contributed by atoms with Crippen molar-refractivity contribution in [2.45, 2.75) is 12.5 Å². The minimum absolute atomic E-state index is 0.0473. The number of aliphatic carboxylic acids is 1. The van der Waals surface area contributed by atoms with Gasteiger partial charge < -0.3 is 5.11 Å². The number of aromatic nitrogens is 3. The van der Waals surface area contributed by atoms with Gasteiger partial charge in [-0.3, -0.25) is 14.5 Å². The molecule has 0 spiro atoms. The lowest BCUT2D eigenvalue weighted by Crippen LogP contribution is -2.51. The van der Waals surface area contributed by atoms with Crippen LogP contribution in [0.4, 0.5) is 5.69 Å². The highest BCUT2D eigenvalue weighted by Crippen LogP contribution is 2.30. The molecule has 0 aliphatic carbocycles. The van der Waals surface area contributed by atoms with Crippen LogP contribution in [0.1, 0.15) is 5.56 Å². The average Bonchev–Trinajstić information content (AvgIpc) is 3.19. The van der Waals surface area contributed by atoms with Gasteiger partial charge in [0.1, 0.15) is 6.04 Å². The van der Waals surface area contributed by atoms with Crippen LogP contribution in [0, 0.1) is 0 Å². The fourth-order valence-corrected chi connectivity index (χ4v) is 3.34. The van der Waals surface area contributed by atoms with Crippen LogP contribution in [0.5, 0.6) is 0 Å². The Balaban J connectivity index is 1.50. The first-order chi connectivity index (χ1) is 14.5. The van der Waals surface area contributed by atoms with Gasteiger partial charge in [0, 0.05) is 11.4 Å². The summed E-state index contributed by atoms with van der Waals surface area (Å²) in [7, 11) is 0. The van der Waals surface area contributed by atoms with Crippen LogP contribution in [-0.4, -0.2) is 50.6 Å². The molecule has 1 N–H and O–H groups in total. The van der Waals surface area contributed by atoms with Gasteiger partial charge in [0.25, 0.3) is 0 Å². The molecule has 1 fully saturated rings. The molecule has 11 heteroatoms. The van der Waals surface area contributed by atoms with Gasteiger partial charge in [-0.15, -0.1) is 10.2 Å². The predicted molar refractivity (Wildman–Crippen MR) is 109 cm³/mol. The van der Waals surface area contributed by atoms with E-state index in [4.69, 9.17) is 32.9 Å². The molecule has 1 unspecified atom stereocenters. The zero-order valence-corrected chi connectivity index (χ0v) is 17.1. The molecule has 30 heavy (non-hydrogen) atoms. The summed E-state index contributed by atoms with van der Waals surface area (Å²) in [6, 6.07) is 13.6. The largest absolute Gasteiger partial charge is 0.480 e. The zero-order valence-electron chi connectivity index (χ0n) is 15.6. The number of nitrogens with zero attached hydrogens (tertiary/aromatic N) is 5. The second kappa shape index (κ2) is 8.99. The van der Waals surface area contributed by atoms with Gasteiger partial charge in [0.2, 0.25) is 0 Å². The fraction of sp³-hybridized carbons (Fsp3) is 0.211. The highest BCUT2D eigenvalue weighted by Gasteiger charge is 2.32. The minimum atomic E-state index is -1.00. The Morgan fingerprint density at radius 2 is 1.90 bits per heavy atom. The SMILES string of the molecule is O=C(O)C(Cc1ccccc1)N1CON(c2cc(Cl)ccc2-n2cc(Cl)nn2)CO1. The van der Waals surface area contributed by atoms with Crippen molar-refractivity contribution < 1.29 is 19.6 Å². The summed E-state index contributed by atoms with van der Waals surface area (Å²) in [6.45, 7) is -0.137. The van der Waals surface area contributed by atoms with Crippen molar-refractivity contribution in [1.29, 1.82) is 0 Å². The third-order valence-corrected chi connectivity index (χ3v) is 4.91. The monoisotopic (exact) mass is 449 g/mol. The van der Waals surface area contributed by atoms with Crippen LogP contribution < -0.4 is 5.06 Å². The Labute approximate surface area is 181 Å². The maximum atomic E-state index is 11.8. The Kier molecular flexibility index (Phi) is 6.16. The molecular formula is C19H17Cl2N5O4. The number of hydrogen-bond donors (Lipinski definition) is 1. The summed E-state index contributed by atoms with van der Waals surface area (Å²) in [6.07, 6.45) is 1.82. The summed E-state index contributed by atoms with van der Waals surface area (Å²) in [4.78, 5) is 23.3. The number of hydroxylamine groups is 3.